The van der Waals surface area contributed by atoms with Gasteiger partial charge in [0.25, 0.3) is 0 Å². The Hall–Kier alpha value is -1.66. The Morgan fingerprint density at radius 2 is 2.04 bits per heavy atom. The third kappa shape index (κ3) is 6.29. The molecule has 2 aromatic rings. The van der Waals surface area contributed by atoms with Gasteiger partial charge < -0.3 is 4.74 Å². The molecule has 0 aliphatic rings. The molecule has 6 heteroatoms. The van der Waals surface area contributed by atoms with Crippen LogP contribution in [0.25, 0.3) is 0 Å². The Bertz CT molecular complexity index is 682. The number of aromatic nitrogens is 1. The molecule has 134 valence electrons. The van der Waals surface area contributed by atoms with Gasteiger partial charge in [-0.2, -0.15) is 0 Å². The van der Waals surface area contributed by atoms with E-state index in [0.717, 1.165) is 17.1 Å². The van der Waals surface area contributed by atoms with E-state index in [0.29, 0.717) is 17.0 Å². The van der Waals surface area contributed by atoms with Crippen molar-refractivity contribution in [1.29, 1.82) is 0 Å². The third-order valence-corrected chi connectivity index (χ3v) is 5.60. The number of hydrogen-bond donors (Lipinski definition) is 0. The lowest BCUT2D eigenvalue weighted by Crippen LogP contribution is -2.23. The van der Waals surface area contributed by atoms with Crippen molar-refractivity contribution in [2.45, 2.75) is 50.5 Å². The first kappa shape index (κ1) is 19.7. The van der Waals surface area contributed by atoms with Crippen LogP contribution in [0.1, 0.15) is 59.8 Å². The third-order valence-electron chi connectivity index (χ3n) is 3.63. The number of thioether (sulfide) groups is 1. The molecule has 0 amide bonds. The zero-order valence-corrected chi connectivity index (χ0v) is 16.2. The maximum absolute atomic E-state index is 12.3. The van der Waals surface area contributed by atoms with Gasteiger partial charge >= 0.3 is 0 Å². The highest BCUT2D eigenvalue weighted by Gasteiger charge is 2.20. The molecule has 0 bridgehead atoms. The second-order valence-corrected chi connectivity index (χ2v) is 7.73. The minimum absolute atomic E-state index is 0.215. The van der Waals surface area contributed by atoms with Crippen LogP contribution in [0.15, 0.2) is 34.5 Å². The van der Waals surface area contributed by atoms with Crippen LogP contribution in [-0.2, 0) is 0 Å². The minimum Gasteiger partial charge on any atom is -0.482 e. The van der Waals surface area contributed by atoms with Gasteiger partial charge in [-0.05, 0) is 43.4 Å². The zero-order chi connectivity index (χ0) is 18.1. The first-order chi connectivity index (χ1) is 12.1. The van der Waals surface area contributed by atoms with E-state index in [1.807, 2.05) is 36.0 Å². The van der Waals surface area contributed by atoms with Gasteiger partial charge in [-0.1, -0.05) is 26.2 Å². The molecule has 0 radical (unpaired) electrons. The highest BCUT2D eigenvalue weighted by molar-refractivity contribution is 7.99. The minimum atomic E-state index is -0.641. The number of ether oxygens (including phenoxy) is 1. The number of ketones is 1. The van der Waals surface area contributed by atoms with Gasteiger partial charge in [-0.15, -0.1) is 23.1 Å². The number of aldehydes is 1. The number of carbonyl (C=O) groups is 2. The van der Waals surface area contributed by atoms with Crippen LogP contribution in [0.4, 0.5) is 0 Å². The van der Waals surface area contributed by atoms with Crippen molar-refractivity contribution < 1.29 is 14.3 Å². The topological polar surface area (TPSA) is 56.3 Å². The fourth-order valence-electron chi connectivity index (χ4n) is 2.22. The van der Waals surface area contributed by atoms with Crippen LogP contribution in [-0.4, -0.2) is 28.9 Å². The molecule has 1 aromatic carbocycles. The number of carbonyl (C=O) groups excluding carboxylic acids is 2. The number of benzene rings is 1. The maximum atomic E-state index is 12.3. The summed E-state index contributed by atoms with van der Waals surface area (Å²) in [6.45, 7) is 3.91. The summed E-state index contributed by atoms with van der Waals surface area (Å²) in [5.74, 6) is 1.56. The zero-order valence-electron chi connectivity index (χ0n) is 14.6. The lowest BCUT2D eigenvalue weighted by molar-refractivity contribution is 0.0817. The van der Waals surface area contributed by atoms with Gasteiger partial charge in [-0.25, -0.2) is 4.98 Å². The molecule has 1 atom stereocenters. The molecule has 0 saturated carbocycles. The van der Waals surface area contributed by atoms with Gasteiger partial charge in [0, 0.05) is 10.3 Å². The lowest BCUT2D eigenvalue weighted by atomic mass is 10.2. The van der Waals surface area contributed by atoms with Gasteiger partial charge in [-0.3, -0.25) is 9.59 Å². The molecule has 0 aliphatic carbocycles. The van der Waals surface area contributed by atoms with Crippen LogP contribution < -0.4 is 4.74 Å². The second-order valence-electron chi connectivity index (χ2n) is 5.70. The SMILES string of the molecule is CCCCCCSc1ccc(OC(C)C(=O)c2nc(C=O)cs2)cc1. The van der Waals surface area contributed by atoms with Gasteiger partial charge in [0.1, 0.15) is 11.4 Å². The Balaban J connectivity index is 1.83. The van der Waals surface area contributed by atoms with E-state index in [-0.39, 0.29) is 11.5 Å². The number of hydrogen-bond acceptors (Lipinski definition) is 6. The Kier molecular flexibility index (Phi) is 8.15. The van der Waals surface area contributed by atoms with Crippen molar-refractivity contribution in [3.05, 3.63) is 40.3 Å². The summed E-state index contributed by atoms with van der Waals surface area (Å²) < 4.78 is 5.71. The number of thiazole rings is 1. The molecule has 0 saturated heterocycles. The summed E-state index contributed by atoms with van der Waals surface area (Å²) >= 11 is 3.01. The smallest absolute Gasteiger partial charge is 0.231 e. The highest BCUT2D eigenvalue weighted by atomic mass is 32.2. The van der Waals surface area contributed by atoms with E-state index in [9.17, 15) is 9.59 Å². The molecule has 1 heterocycles. The molecule has 1 unspecified atom stereocenters. The summed E-state index contributed by atoms with van der Waals surface area (Å²) in [6, 6.07) is 7.81. The van der Waals surface area contributed by atoms with Crippen LogP contribution in [0.2, 0.25) is 0 Å². The van der Waals surface area contributed by atoms with Crippen LogP contribution in [0, 0.1) is 0 Å². The molecule has 1 aromatic heterocycles. The Labute approximate surface area is 157 Å². The standard InChI is InChI=1S/C19H23NO3S2/c1-3-4-5-6-11-24-17-9-7-16(8-10-17)23-14(2)18(22)19-20-15(12-21)13-25-19/h7-10,12-14H,3-6,11H2,1-2H3. The maximum Gasteiger partial charge on any atom is 0.231 e. The number of Topliss-reactive ketones (excluding diaryl/α,β-unsaturated/α-hetero) is 1. The lowest BCUT2D eigenvalue weighted by Gasteiger charge is -2.12. The fourth-order valence-corrected chi connectivity index (χ4v) is 3.91. The molecule has 25 heavy (non-hydrogen) atoms. The van der Waals surface area contributed by atoms with E-state index in [1.165, 1.54) is 30.6 Å². The van der Waals surface area contributed by atoms with Crippen molar-refractivity contribution in [1.82, 2.24) is 4.98 Å². The first-order valence-corrected chi connectivity index (χ1v) is 10.3. The van der Waals surface area contributed by atoms with Gasteiger partial charge in [0.05, 0.1) is 0 Å². The number of rotatable bonds is 11. The molecule has 2 rings (SSSR count). The predicted molar refractivity (Wildman–Crippen MR) is 103 cm³/mol. The van der Waals surface area contributed by atoms with Crippen molar-refractivity contribution in [3.63, 3.8) is 0 Å². The summed E-state index contributed by atoms with van der Waals surface area (Å²) in [6.07, 6.45) is 5.07. The fraction of sp³-hybridized carbons (Fsp3) is 0.421. The molecular weight excluding hydrogens is 354 g/mol. The molecular formula is C19H23NO3S2. The molecule has 0 N–H and O–H groups in total. The Morgan fingerprint density at radius 3 is 2.68 bits per heavy atom. The van der Waals surface area contributed by atoms with E-state index < -0.39 is 6.10 Å². The van der Waals surface area contributed by atoms with Crippen LogP contribution >= 0.6 is 23.1 Å². The van der Waals surface area contributed by atoms with E-state index >= 15 is 0 Å². The number of nitrogens with zero attached hydrogens (tertiary/aromatic N) is 1. The average molecular weight is 378 g/mol. The van der Waals surface area contributed by atoms with Crippen molar-refractivity contribution in [2.75, 3.05) is 5.75 Å². The molecule has 0 aliphatic heterocycles. The van der Waals surface area contributed by atoms with E-state index in [1.54, 1.807) is 12.3 Å². The molecule has 4 nitrogen and oxygen atoms in total. The molecule has 0 spiro atoms. The summed E-state index contributed by atoms with van der Waals surface area (Å²) in [7, 11) is 0. The van der Waals surface area contributed by atoms with Gasteiger partial charge in [0.15, 0.2) is 17.4 Å². The Morgan fingerprint density at radius 1 is 1.28 bits per heavy atom. The summed E-state index contributed by atoms with van der Waals surface area (Å²) in [5.41, 5.74) is 0.279. The molecule has 0 fully saturated rings. The van der Waals surface area contributed by atoms with Crippen LogP contribution in [0.5, 0.6) is 5.75 Å². The largest absolute Gasteiger partial charge is 0.482 e. The summed E-state index contributed by atoms with van der Waals surface area (Å²) in [4.78, 5) is 28.1. The van der Waals surface area contributed by atoms with E-state index in [4.69, 9.17) is 4.74 Å². The van der Waals surface area contributed by atoms with Gasteiger partial charge in [0.2, 0.25) is 5.78 Å². The quantitative estimate of drug-likeness (QED) is 0.231. The predicted octanol–water partition coefficient (Wildman–Crippen LogP) is 5.28. The van der Waals surface area contributed by atoms with E-state index in [2.05, 4.69) is 11.9 Å². The van der Waals surface area contributed by atoms with Crippen LogP contribution in [0.3, 0.4) is 0 Å². The van der Waals surface area contributed by atoms with Crippen molar-refractivity contribution in [2.24, 2.45) is 0 Å². The number of unbranched alkanes of at least 4 members (excludes halogenated alkanes) is 3. The average Bonchev–Trinajstić information content (AvgIpc) is 3.11. The normalized spacial score (nSPS) is 11.9. The van der Waals surface area contributed by atoms with Crippen molar-refractivity contribution >= 4 is 35.2 Å². The first-order valence-electron chi connectivity index (χ1n) is 8.48. The highest BCUT2D eigenvalue weighted by Crippen LogP contribution is 2.24. The summed E-state index contributed by atoms with van der Waals surface area (Å²) in [5, 5.41) is 1.87. The second kappa shape index (κ2) is 10.4. The van der Waals surface area contributed by atoms with Crippen molar-refractivity contribution in [3.8, 4) is 5.75 Å². The monoisotopic (exact) mass is 377 g/mol.